The highest BCUT2D eigenvalue weighted by Crippen LogP contribution is 2.37. The molecule has 1 saturated heterocycles. The molecule has 6 heteroatoms. The van der Waals surface area contributed by atoms with Gasteiger partial charge in [-0.2, -0.15) is 0 Å². The average Bonchev–Trinajstić information content (AvgIpc) is 3.21. The van der Waals surface area contributed by atoms with Gasteiger partial charge in [0.1, 0.15) is 17.6 Å². The maximum atomic E-state index is 13.8. The number of amides is 1. The van der Waals surface area contributed by atoms with Crippen molar-refractivity contribution in [3.63, 3.8) is 0 Å². The molecular weight excluding hydrogens is 390 g/mol. The van der Waals surface area contributed by atoms with Crippen LogP contribution in [0, 0.1) is 0 Å². The van der Waals surface area contributed by atoms with Gasteiger partial charge < -0.3 is 14.4 Å². The van der Waals surface area contributed by atoms with Gasteiger partial charge in [-0.05, 0) is 42.0 Å². The highest BCUT2D eigenvalue weighted by atomic mass is 16.5. The Labute approximate surface area is 182 Å². The molecule has 2 bridgehead atoms. The number of likely N-dealkylation sites (tertiary alicyclic amines) is 1. The third-order valence-electron chi connectivity index (χ3n) is 5.96. The Hall–Kier alpha value is -3.38. The van der Waals surface area contributed by atoms with Crippen molar-refractivity contribution in [3.05, 3.63) is 84.2 Å². The summed E-state index contributed by atoms with van der Waals surface area (Å²) in [6.07, 6.45) is 2.43. The number of carbonyl (C=O) groups excluding carboxylic acids is 1. The lowest BCUT2D eigenvalue weighted by atomic mass is 10.1. The molecule has 2 unspecified atom stereocenters. The Morgan fingerprint density at radius 1 is 1.03 bits per heavy atom. The molecule has 2 atom stereocenters. The fourth-order valence-corrected chi connectivity index (χ4v) is 4.42. The Balaban J connectivity index is 1.45. The van der Waals surface area contributed by atoms with Crippen LogP contribution in [0.4, 0.5) is 5.69 Å². The highest BCUT2D eigenvalue weighted by molar-refractivity contribution is 5.99. The molecule has 1 aromatic heterocycles. The molecule has 0 N–H and O–H groups in total. The number of aromatic nitrogens is 1. The molecule has 0 radical (unpaired) electrons. The van der Waals surface area contributed by atoms with Crippen molar-refractivity contribution in [2.75, 3.05) is 18.6 Å². The minimum Gasteiger partial charge on any atom is -0.497 e. The molecule has 0 spiro atoms. The predicted octanol–water partition coefficient (Wildman–Crippen LogP) is 3.66. The summed E-state index contributed by atoms with van der Waals surface area (Å²) in [5, 5.41) is 0. The van der Waals surface area contributed by atoms with E-state index in [0.29, 0.717) is 26.1 Å². The Bertz CT molecular complexity index is 1060. The van der Waals surface area contributed by atoms with Crippen LogP contribution in [0.15, 0.2) is 72.9 Å². The zero-order chi connectivity index (χ0) is 21.2. The van der Waals surface area contributed by atoms with E-state index in [9.17, 15) is 4.79 Å². The van der Waals surface area contributed by atoms with Crippen LogP contribution in [-0.4, -0.2) is 41.6 Å². The van der Waals surface area contributed by atoms with Gasteiger partial charge in [-0.25, -0.2) is 0 Å². The molecule has 1 fully saturated rings. The fourth-order valence-electron chi connectivity index (χ4n) is 4.42. The number of hydrogen-bond donors (Lipinski definition) is 0. The Kier molecular flexibility index (Phi) is 5.30. The van der Waals surface area contributed by atoms with Crippen LogP contribution < -0.4 is 14.4 Å². The van der Waals surface area contributed by atoms with Gasteiger partial charge >= 0.3 is 0 Å². The molecule has 0 aliphatic carbocycles. The third-order valence-corrected chi connectivity index (χ3v) is 5.96. The summed E-state index contributed by atoms with van der Waals surface area (Å²) in [5.74, 6) is 1.67. The van der Waals surface area contributed by atoms with E-state index in [1.165, 1.54) is 0 Å². The molecule has 0 saturated carbocycles. The first-order valence-electron chi connectivity index (χ1n) is 10.6. The lowest BCUT2D eigenvalue weighted by Crippen LogP contribution is -2.45. The fraction of sp³-hybridized carbons (Fsp3) is 0.280. The molecule has 3 heterocycles. The van der Waals surface area contributed by atoms with E-state index in [-0.39, 0.29) is 18.1 Å². The number of methoxy groups -OCH3 is 1. The van der Waals surface area contributed by atoms with Gasteiger partial charge in [-0.1, -0.05) is 30.3 Å². The smallest absolute Gasteiger partial charge is 0.244 e. The number of anilines is 1. The van der Waals surface area contributed by atoms with Crippen molar-refractivity contribution >= 4 is 11.6 Å². The lowest BCUT2D eigenvalue weighted by molar-refractivity contribution is -0.123. The van der Waals surface area contributed by atoms with Crippen LogP contribution in [0.3, 0.4) is 0 Å². The maximum absolute atomic E-state index is 13.8. The summed E-state index contributed by atoms with van der Waals surface area (Å²) in [5.41, 5.74) is 2.80. The molecule has 2 aliphatic heterocycles. The second-order valence-electron chi connectivity index (χ2n) is 7.98. The molecular formula is C25H25N3O3. The van der Waals surface area contributed by atoms with Crippen molar-refractivity contribution in [1.29, 1.82) is 0 Å². The summed E-state index contributed by atoms with van der Waals surface area (Å²) in [6, 6.07) is 21.3. The third kappa shape index (κ3) is 3.99. The van der Waals surface area contributed by atoms with E-state index in [2.05, 4.69) is 22.0 Å². The number of carbonyl (C=O) groups is 1. The summed E-state index contributed by atoms with van der Waals surface area (Å²) < 4.78 is 11.6. The number of fused-ring (bicyclic) bond motifs is 3. The summed E-state index contributed by atoms with van der Waals surface area (Å²) in [6.45, 7) is 1.82. The highest BCUT2D eigenvalue weighted by Gasteiger charge is 2.42. The van der Waals surface area contributed by atoms with Crippen LogP contribution >= 0.6 is 0 Å². The van der Waals surface area contributed by atoms with Gasteiger partial charge in [0, 0.05) is 25.7 Å². The first-order chi connectivity index (χ1) is 15.2. The first-order valence-corrected chi connectivity index (χ1v) is 10.6. The van der Waals surface area contributed by atoms with Gasteiger partial charge in [-0.15, -0.1) is 0 Å². The van der Waals surface area contributed by atoms with Gasteiger partial charge in [0.05, 0.1) is 31.1 Å². The van der Waals surface area contributed by atoms with Crippen LogP contribution in [0.2, 0.25) is 0 Å². The number of hydrogen-bond acceptors (Lipinski definition) is 5. The van der Waals surface area contributed by atoms with Crippen molar-refractivity contribution in [2.45, 2.75) is 31.7 Å². The zero-order valence-electron chi connectivity index (χ0n) is 17.5. The van der Waals surface area contributed by atoms with Crippen LogP contribution in [-0.2, 0) is 17.9 Å². The monoisotopic (exact) mass is 415 g/mol. The summed E-state index contributed by atoms with van der Waals surface area (Å²) in [7, 11) is 1.66. The summed E-state index contributed by atoms with van der Waals surface area (Å²) >= 11 is 0. The van der Waals surface area contributed by atoms with E-state index < -0.39 is 0 Å². The summed E-state index contributed by atoms with van der Waals surface area (Å²) in [4.78, 5) is 22.3. The molecule has 2 aromatic carbocycles. The minimum absolute atomic E-state index is 0.00894. The zero-order valence-corrected chi connectivity index (χ0v) is 17.5. The normalized spacial score (nSPS) is 20.5. The Morgan fingerprint density at radius 2 is 1.84 bits per heavy atom. The van der Waals surface area contributed by atoms with Gasteiger partial charge in [0.25, 0.3) is 0 Å². The van der Waals surface area contributed by atoms with E-state index in [1.807, 2.05) is 59.5 Å². The number of para-hydroxylation sites is 2. The topological polar surface area (TPSA) is 54.9 Å². The van der Waals surface area contributed by atoms with E-state index in [0.717, 1.165) is 28.4 Å². The minimum atomic E-state index is -0.232. The standard InChI is InChI=1S/C25H25N3O3/c1-30-20-11-9-18(10-12-20)15-27-17-21-14-23(27)25(29)28(16-19-6-4-5-13-26-19)22-7-2-3-8-24(22)31-21/h2-13,21,23H,14-17H2,1H3. The second-order valence-corrected chi connectivity index (χ2v) is 7.98. The van der Waals surface area contributed by atoms with E-state index >= 15 is 0 Å². The molecule has 5 rings (SSSR count). The van der Waals surface area contributed by atoms with Crippen molar-refractivity contribution in [2.24, 2.45) is 0 Å². The lowest BCUT2D eigenvalue weighted by Gasteiger charge is -2.31. The van der Waals surface area contributed by atoms with Crippen molar-refractivity contribution in [3.8, 4) is 11.5 Å². The first kappa shape index (κ1) is 19.6. The van der Waals surface area contributed by atoms with Crippen molar-refractivity contribution in [1.82, 2.24) is 9.88 Å². The molecule has 2 aliphatic rings. The van der Waals surface area contributed by atoms with Gasteiger partial charge in [0.15, 0.2) is 0 Å². The maximum Gasteiger partial charge on any atom is 0.244 e. The predicted molar refractivity (Wildman–Crippen MR) is 118 cm³/mol. The van der Waals surface area contributed by atoms with Gasteiger partial charge in [0.2, 0.25) is 5.91 Å². The van der Waals surface area contributed by atoms with Crippen LogP contribution in [0.25, 0.3) is 0 Å². The van der Waals surface area contributed by atoms with E-state index in [1.54, 1.807) is 13.3 Å². The van der Waals surface area contributed by atoms with Crippen LogP contribution in [0.5, 0.6) is 11.5 Å². The number of rotatable bonds is 5. The largest absolute Gasteiger partial charge is 0.497 e. The molecule has 6 nitrogen and oxygen atoms in total. The second kappa shape index (κ2) is 8.40. The molecule has 158 valence electrons. The number of nitrogens with zero attached hydrogens (tertiary/aromatic N) is 3. The van der Waals surface area contributed by atoms with Gasteiger partial charge in [-0.3, -0.25) is 14.7 Å². The molecule has 1 amide bonds. The van der Waals surface area contributed by atoms with Crippen LogP contribution in [0.1, 0.15) is 17.7 Å². The van der Waals surface area contributed by atoms with Crippen molar-refractivity contribution < 1.29 is 14.3 Å². The number of ether oxygens (including phenoxy) is 2. The molecule has 3 aromatic rings. The number of benzene rings is 2. The SMILES string of the molecule is COc1ccc(CN2CC3CC2C(=O)N(Cc2ccccn2)c2ccccc2O3)cc1. The Morgan fingerprint density at radius 3 is 2.61 bits per heavy atom. The quantitative estimate of drug-likeness (QED) is 0.637. The molecule has 31 heavy (non-hydrogen) atoms. The average molecular weight is 415 g/mol. The number of pyridine rings is 1. The van der Waals surface area contributed by atoms with E-state index in [4.69, 9.17) is 9.47 Å².